The first-order valence-electron chi connectivity index (χ1n) is 36.7. The predicted octanol–water partition coefficient (Wildman–Crippen LogP) is -0.919. The number of aliphatic hydroxyl groups is 1. The van der Waals surface area contributed by atoms with Crippen LogP contribution in [0, 0.1) is 39.1 Å². The van der Waals surface area contributed by atoms with E-state index >= 15 is 24.0 Å². The number of aryl methyl sites for hydroxylation is 1. The average molecular weight is 1730 g/mol. The lowest BCUT2D eigenvalue weighted by Crippen LogP contribution is -2.52. The Balaban J connectivity index is 0.0000228. The SMILES string of the molecule is C.C[C@@H](O)[C@@H]1NC(=O)[C@H]2CC(=O)[C@@H](NC(=O)CN)CSSC[C@H](NC(=O)[C@H](CCCN=C(N)N)CC(=O)[C@@H]3CCCN3C(=O)[C@H](CC(=O)O)CC1=O)C(=O)C[C@@H](CCCNC(N)=O)C(=O)N[C@@H](Cc1ccc(O)c(I)c1)C(=O)C[C@@H](CCC(N)=O)C(=O)N[C@H](C(=O)C[C@@H](Cc1ccc(O)cc1)C(N)=O)CCCn1cc(nn1)C2. The number of Topliss-reactive ketones (excluding diaryl/α,β-unsaturated/α-hetero) is 6. The van der Waals surface area contributed by atoms with Crippen LogP contribution in [0.3, 0.4) is 0 Å². The lowest BCUT2D eigenvalue weighted by atomic mass is 9.88. The lowest BCUT2D eigenvalue weighted by molar-refractivity contribution is -0.148. The molecule has 4 bridgehead atoms. The molecule has 620 valence electrons. The average Bonchev–Trinajstić information content (AvgIpc) is 1.74. The molecule has 40 heteroatoms. The molecule has 2 aromatic carbocycles. The molecule has 0 unspecified atom stereocenters. The van der Waals surface area contributed by atoms with Gasteiger partial charge in [-0.05, 0) is 136 Å². The van der Waals surface area contributed by atoms with E-state index in [9.17, 15) is 73.2 Å². The van der Waals surface area contributed by atoms with Crippen molar-refractivity contribution in [2.75, 3.05) is 37.7 Å². The second kappa shape index (κ2) is 46.5. The van der Waals surface area contributed by atoms with Crippen LogP contribution in [0.4, 0.5) is 4.79 Å². The van der Waals surface area contributed by atoms with Gasteiger partial charge in [0.1, 0.15) is 17.5 Å². The number of aromatic nitrogens is 3. The Bertz CT molecular complexity index is 3940. The Morgan fingerprint density at radius 2 is 1.34 bits per heavy atom. The number of rotatable bonds is 24. The van der Waals surface area contributed by atoms with E-state index in [2.05, 4.69) is 47.2 Å². The number of phenolic OH excluding ortho intramolecular Hbond substituents is 2. The summed E-state index contributed by atoms with van der Waals surface area (Å²) in [5.41, 5.74) is 34.9. The molecule has 2 saturated heterocycles. The third-order valence-electron chi connectivity index (χ3n) is 19.5. The minimum atomic E-state index is -1.87. The number of nitrogens with one attached hydrogen (secondary N) is 6. The molecule has 13 atom stereocenters. The molecule has 0 radical (unpaired) electrons. The highest BCUT2D eigenvalue weighted by Crippen LogP contribution is 2.31. The van der Waals surface area contributed by atoms with E-state index in [0.717, 1.165) is 33.4 Å². The maximum Gasteiger partial charge on any atom is 0.312 e. The van der Waals surface area contributed by atoms with Gasteiger partial charge in [-0.15, -0.1) is 5.10 Å². The Morgan fingerprint density at radius 3 is 1.98 bits per heavy atom. The molecule has 2 fully saturated rings. The molecule has 3 aliphatic heterocycles. The number of urea groups is 1. The largest absolute Gasteiger partial charge is 0.508 e. The van der Waals surface area contributed by atoms with E-state index in [4.69, 9.17) is 34.4 Å². The standard InChI is InChI=1S/C72H100IN17O20S2.CH4/c1-37(91)64-60(99)31-45(32-63(102)103)70(109)90-21-5-9-53(90)59(98)28-41(6-2-18-80-71(77)78)67(106)85-52-36-112-111-35-51(82-62(101)33-74)58(97)30-44(69(108)86-64)25-46-34-89(88-87-46)20-4-8-49(55(94)29-43(65(76)104)22-38-10-14-47(92)15-11-38)83-68(107)42(13-17-61(75)100)27-56(95)50(24-39-12-16-54(93)48(73)23-39)84-66(105)40(26-57(52)96)7-3-19-81-72(79)110;/h10-12,14-16,23,34,37,40-45,49-53,64,91-93H,2-9,13,17-22,24-33,35-36,74H2,1H3,(H2,75,100)(H2,76,104)(H,82,101)(H,83,107)(H,84,105)(H,85,106)(H,86,108)(H,102,103)(H4,77,78,80)(H3,79,81,110);1H4/t37-,40-,41-,42-,43-,44-,45+,49+,50+,51+,52+,53+,64+;/m1./s1. The number of carboxylic acids is 1. The number of nitrogens with two attached hydrogens (primary N) is 6. The zero-order chi connectivity index (χ0) is 82.5. The van der Waals surface area contributed by atoms with E-state index in [1.54, 1.807) is 0 Å². The number of aliphatic imine (C=N–C) groups is 1. The fourth-order valence-corrected chi connectivity index (χ4v) is 16.4. The van der Waals surface area contributed by atoms with Crippen molar-refractivity contribution in [1.82, 2.24) is 51.8 Å². The maximum absolute atomic E-state index is 15.4. The number of hydrogen-bond donors (Lipinski definition) is 16. The van der Waals surface area contributed by atoms with Crippen molar-refractivity contribution in [3.8, 4) is 11.5 Å². The third kappa shape index (κ3) is 31.0. The summed E-state index contributed by atoms with van der Waals surface area (Å²) in [5.74, 6) is -23.8. The van der Waals surface area contributed by atoms with Gasteiger partial charge in [0.2, 0.25) is 47.3 Å². The zero-order valence-electron chi connectivity index (χ0n) is 61.9. The number of carboxylic acid groups (broad SMARTS) is 1. The molecule has 0 aliphatic carbocycles. The summed E-state index contributed by atoms with van der Waals surface area (Å²) in [7, 11) is 1.81. The number of benzene rings is 2. The number of aromatic hydroxyl groups is 2. The van der Waals surface area contributed by atoms with E-state index in [1.807, 2.05) is 22.6 Å². The molecule has 1 aromatic heterocycles. The highest BCUT2D eigenvalue weighted by atomic mass is 127. The molecule has 3 aliphatic rings. The van der Waals surface area contributed by atoms with Crippen molar-refractivity contribution in [1.29, 1.82) is 0 Å². The van der Waals surface area contributed by atoms with Gasteiger partial charge in [0, 0.05) is 119 Å². The van der Waals surface area contributed by atoms with Crippen LogP contribution in [0.5, 0.6) is 11.5 Å². The van der Waals surface area contributed by atoms with Crippen LogP contribution in [-0.2, 0) is 97.7 Å². The fraction of sp³-hybridized carbons (Fsp3) is 0.575. The lowest BCUT2D eigenvalue weighted by Gasteiger charge is -2.30. The first-order chi connectivity index (χ1) is 53.1. The Kier molecular flexibility index (Phi) is 38.6. The van der Waals surface area contributed by atoms with Crippen LogP contribution in [0.15, 0.2) is 53.7 Å². The highest BCUT2D eigenvalue weighted by Gasteiger charge is 2.43. The predicted molar refractivity (Wildman–Crippen MR) is 421 cm³/mol. The summed E-state index contributed by atoms with van der Waals surface area (Å²) >= 11 is 1.84. The Morgan fingerprint density at radius 1 is 0.708 bits per heavy atom. The van der Waals surface area contributed by atoms with E-state index in [1.165, 1.54) is 53.3 Å². The molecule has 0 saturated carbocycles. The minimum absolute atomic E-state index is 0. The Labute approximate surface area is 674 Å². The molecule has 113 heavy (non-hydrogen) atoms. The van der Waals surface area contributed by atoms with Crippen LogP contribution in [0.2, 0.25) is 0 Å². The number of nitrogens with zero attached hydrogens (tertiary/aromatic N) is 5. The van der Waals surface area contributed by atoms with E-state index in [0.29, 0.717) is 14.7 Å². The number of carbonyl (C=O) groups is 16. The quantitative estimate of drug-likeness (QED) is 0.0170. The normalized spacial score (nSPS) is 24.0. The van der Waals surface area contributed by atoms with Crippen LogP contribution in [0.25, 0.3) is 0 Å². The van der Waals surface area contributed by atoms with Gasteiger partial charge in [-0.1, -0.05) is 52.4 Å². The van der Waals surface area contributed by atoms with Gasteiger partial charge in [0.15, 0.2) is 40.7 Å². The molecule has 0 spiro atoms. The smallest absolute Gasteiger partial charge is 0.312 e. The second-order valence-electron chi connectivity index (χ2n) is 28.3. The van der Waals surface area contributed by atoms with Crippen molar-refractivity contribution < 1.29 is 97.1 Å². The summed E-state index contributed by atoms with van der Waals surface area (Å²) < 4.78 is 1.61. The van der Waals surface area contributed by atoms with Gasteiger partial charge in [0.25, 0.3) is 0 Å². The number of carbonyl (C=O) groups excluding carboxylic acids is 15. The number of aliphatic carboxylic acids is 1. The molecule has 22 N–H and O–H groups in total. The van der Waals surface area contributed by atoms with Gasteiger partial charge >= 0.3 is 12.0 Å². The maximum atomic E-state index is 15.4. The Hall–Kier alpha value is -9.68. The summed E-state index contributed by atoms with van der Waals surface area (Å²) in [6, 6.07) is -0.210. The fourth-order valence-electron chi connectivity index (χ4n) is 13.4. The minimum Gasteiger partial charge on any atom is -0.508 e. The molecular formula is C73H104IN17O20S2. The summed E-state index contributed by atoms with van der Waals surface area (Å²) in [6.45, 7) is 0.0849. The summed E-state index contributed by atoms with van der Waals surface area (Å²) in [4.78, 5) is 233. The highest BCUT2D eigenvalue weighted by molar-refractivity contribution is 14.1. The van der Waals surface area contributed by atoms with Crippen molar-refractivity contribution in [3.63, 3.8) is 0 Å². The molecular weight excluding hydrogens is 1630 g/mol. The van der Waals surface area contributed by atoms with Crippen molar-refractivity contribution in [3.05, 3.63) is 69.1 Å². The third-order valence-corrected chi connectivity index (χ3v) is 22.8. The molecule has 37 nitrogen and oxygen atoms in total. The monoisotopic (exact) mass is 1730 g/mol. The first-order valence-corrected chi connectivity index (χ1v) is 40.3. The number of amides is 10. The number of aliphatic hydroxyl groups excluding tert-OH is 1. The van der Waals surface area contributed by atoms with Gasteiger partial charge < -0.3 is 91.6 Å². The molecule has 4 heterocycles. The number of hydrogen-bond acceptors (Lipinski definition) is 25. The number of fused-ring (bicyclic) bond motifs is 11. The summed E-state index contributed by atoms with van der Waals surface area (Å²) in [5, 5.41) is 66.1. The molecule has 10 amide bonds. The first kappa shape index (κ1) is 93.9. The summed E-state index contributed by atoms with van der Waals surface area (Å²) in [6.07, 6.45) is -7.79. The number of ketones is 6. The van der Waals surface area contributed by atoms with Gasteiger partial charge in [-0.25, -0.2) is 4.79 Å². The van der Waals surface area contributed by atoms with Crippen molar-refractivity contribution >= 4 is 144 Å². The van der Waals surface area contributed by atoms with Crippen LogP contribution in [-0.4, -0.2) is 220 Å². The van der Waals surface area contributed by atoms with Crippen molar-refractivity contribution in [2.45, 2.75) is 192 Å². The number of primary amides is 3. The molecule has 3 aromatic rings. The zero-order valence-corrected chi connectivity index (χ0v) is 65.7. The van der Waals surface area contributed by atoms with Crippen LogP contribution in [0.1, 0.15) is 140 Å². The van der Waals surface area contributed by atoms with Crippen LogP contribution < -0.4 is 66.3 Å². The van der Waals surface area contributed by atoms with Gasteiger partial charge in [-0.3, -0.25) is 81.6 Å². The van der Waals surface area contributed by atoms with Gasteiger partial charge in [0.05, 0.1) is 70.4 Å². The second-order valence-corrected chi connectivity index (χ2v) is 32.0. The van der Waals surface area contributed by atoms with Crippen molar-refractivity contribution in [2.24, 2.45) is 74.9 Å². The van der Waals surface area contributed by atoms with E-state index < -0.39 is 243 Å². The topological polar surface area (TPSA) is 629 Å². The number of phenols is 2. The van der Waals surface area contributed by atoms with Gasteiger partial charge in [-0.2, -0.15) is 0 Å². The number of halogens is 1. The molecule has 6 rings (SSSR count). The van der Waals surface area contributed by atoms with Crippen LogP contribution >= 0.6 is 44.2 Å². The van der Waals surface area contributed by atoms with E-state index in [-0.39, 0.29) is 132 Å². The number of guanidine groups is 1.